The molecule has 1 heterocycles. The number of piperidine rings is 1. The molecule has 6 heteroatoms. The highest BCUT2D eigenvalue weighted by Crippen LogP contribution is 2.19. The predicted molar refractivity (Wildman–Crippen MR) is 123 cm³/mol. The molecule has 2 aromatic carbocycles. The van der Waals surface area contributed by atoms with Crippen molar-refractivity contribution in [3.05, 3.63) is 59.7 Å². The van der Waals surface area contributed by atoms with Gasteiger partial charge in [-0.2, -0.15) is 0 Å². The van der Waals surface area contributed by atoms with Crippen LogP contribution in [0.5, 0.6) is 5.75 Å². The topological polar surface area (TPSA) is 70.7 Å². The predicted octanol–water partition coefficient (Wildman–Crippen LogP) is 4.07. The van der Waals surface area contributed by atoms with Gasteiger partial charge in [0.15, 0.2) is 0 Å². The van der Waals surface area contributed by atoms with Crippen LogP contribution in [0.3, 0.4) is 0 Å². The SMILES string of the molecule is CC1CCN(C(=O)c2ccc(NC(=O)CNCc3ccc(OC(C)C)cc3)cc2)CC1. The molecule has 0 saturated carbocycles. The zero-order valence-electron chi connectivity index (χ0n) is 18.7. The lowest BCUT2D eigenvalue weighted by molar-refractivity contribution is -0.115. The summed E-state index contributed by atoms with van der Waals surface area (Å²) in [5.41, 5.74) is 2.43. The third-order valence-electron chi connectivity index (χ3n) is 5.40. The highest BCUT2D eigenvalue weighted by Gasteiger charge is 2.21. The van der Waals surface area contributed by atoms with E-state index in [4.69, 9.17) is 4.74 Å². The Bertz CT molecular complexity index is 855. The van der Waals surface area contributed by atoms with Crippen LogP contribution in [0.15, 0.2) is 48.5 Å². The molecule has 0 spiro atoms. The minimum atomic E-state index is -0.121. The summed E-state index contributed by atoms with van der Waals surface area (Å²) in [6.45, 7) is 8.65. The van der Waals surface area contributed by atoms with Crippen LogP contribution >= 0.6 is 0 Å². The van der Waals surface area contributed by atoms with Crippen LogP contribution in [0, 0.1) is 5.92 Å². The number of anilines is 1. The Kier molecular flexibility index (Phi) is 8.06. The van der Waals surface area contributed by atoms with Crippen LogP contribution in [-0.4, -0.2) is 42.5 Å². The quantitative estimate of drug-likeness (QED) is 0.671. The number of carbonyl (C=O) groups excluding carboxylic acids is 2. The van der Waals surface area contributed by atoms with Gasteiger partial charge in [0.25, 0.3) is 5.91 Å². The first-order valence-electron chi connectivity index (χ1n) is 11.1. The Hall–Kier alpha value is -2.86. The van der Waals surface area contributed by atoms with Gasteiger partial charge in [-0.15, -0.1) is 0 Å². The summed E-state index contributed by atoms with van der Waals surface area (Å²) < 4.78 is 5.63. The third kappa shape index (κ3) is 7.10. The van der Waals surface area contributed by atoms with E-state index in [1.165, 1.54) is 0 Å². The summed E-state index contributed by atoms with van der Waals surface area (Å²) in [6.07, 6.45) is 2.26. The molecule has 0 radical (unpaired) electrons. The van der Waals surface area contributed by atoms with E-state index in [1.807, 2.05) is 43.0 Å². The average molecular weight is 424 g/mol. The summed E-state index contributed by atoms with van der Waals surface area (Å²) in [7, 11) is 0. The van der Waals surface area contributed by atoms with Crippen LogP contribution in [0.1, 0.15) is 49.5 Å². The van der Waals surface area contributed by atoms with Crippen molar-refractivity contribution in [2.75, 3.05) is 25.0 Å². The third-order valence-corrected chi connectivity index (χ3v) is 5.40. The van der Waals surface area contributed by atoms with Crippen LogP contribution in [0.4, 0.5) is 5.69 Å². The molecule has 1 saturated heterocycles. The van der Waals surface area contributed by atoms with E-state index < -0.39 is 0 Å². The largest absolute Gasteiger partial charge is 0.491 e. The molecule has 2 aromatic rings. The normalized spacial score (nSPS) is 14.5. The number of ether oxygens (including phenoxy) is 1. The number of likely N-dealkylation sites (tertiary alicyclic amines) is 1. The second-order valence-corrected chi connectivity index (χ2v) is 8.51. The number of nitrogens with zero attached hydrogens (tertiary/aromatic N) is 1. The lowest BCUT2D eigenvalue weighted by atomic mass is 9.98. The van der Waals surface area contributed by atoms with Gasteiger partial charge in [-0.25, -0.2) is 0 Å². The smallest absolute Gasteiger partial charge is 0.253 e. The first-order chi connectivity index (χ1) is 14.9. The van der Waals surface area contributed by atoms with Crippen molar-refractivity contribution >= 4 is 17.5 Å². The summed E-state index contributed by atoms with van der Waals surface area (Å²) in [5, 5.41) is 6.01. The van der Waals surface area contributed by atoms with Crippen molar-refractivity contribution in [1.29, 1.82) is 0 Å². The molecular formula is C25H33N3O3. The Labute approximate surface area is 185 Å². The monoisotopic (exact) mass is 423 g/mol. The van der Waals surface area contributed by atoms with E-state index in [1.54, 1.807) is 24.3 Å². The van der Waals surface area contributed by atoms with Gasteiger partial charge in [-0.1, -0.05) is 19.1 Å². The van der Waals surface area contributed by atoms with Gasteiger partial charge in [0.2, 0.25) is 5.91 Å². The maximum Gasteiger partial charge on any atom is 0.253 e. The van der Waals surface area contributed by atoms with Gasteiger partial charge in [-0.3, -0.25) is 9.59 Å². The summed E-state index contributed by atoms with van der Waals surface area (Å²) in [4.78, 5) is 26.7. The minimum Gasteiger partial charge on any atom is -0.491 e. The molecule has 0 aromatic heterocycles. The average Bonchev–Trinajstić information content (AvgIpc) is 2.75. The van der Waals surface area contributed by atoms with E-state index in [-0.39, 0.29) is 24.5 Å². The molecule has 0 atom stereocenters. The van der Waals surface area contributed by atoms with E-state index in [2.05, 4.69) is 17.6 Å². The van der Waals surface area contributed by atoms with E-state index in [0.717, 1.165) is 37.2 Å². The fourth-order valence-electron chi connectivity index (χ4n) is 3.57. The number of amides is 2. The number of benzene rings is 2. The Morgan fingerprint density at radius 2 is 1.68 bits per heavy atom. The first kappa shape index (κ1) is 22.8. The molecule has 6 nitrogen and oxygen atoms in total. The second-order valence-electron chi connectivity index (χ2n) is 8.51. The second kappa shape index (κ2) is 11.0. The van der Waals surface area contributed by atoms with Crippen molar-refractivity contribution in [3.8, 4) is 5.75 Å². The van der Waals surface area contributed by atoms with Crippen LogP contribution in [-0.2, 0) is 11.3 Å². The number of hydrogen-bond acceptors (Lipinski definition) is 4. The van der Waals surface area contributed by atoms with Crippen LogP contribution in [0.25, 0.3) is 0 Å². The lowest BCUT2D eigenvalue weighted by Crippen LogP contribution is -2.37. The molecule has 166 valence electrons. The Morgan fingerprint density at radius 1 is 1.03 bits per heavy atom. The van der Waals surface area contributed by atoms with E-state index >= 15 is 0 Å². The summed E-state index contributed by atoms with van der Waals surface area (Å²) in [6, 6.07) is 15.0. The molecule has 1 aliphatic heterocycles. The van der Waals surface area contributed by atoms with Gasteiger partial charge >= 0.3 is 0 Å². The first-order valence-corrected chi connectivity index (χ1v) is 11.1. The molecule has 0 aliphatic carbocycles. The number of nitrogens with one attached hydrogen (secondary N) is 2. The van der Waals surface area contributed by atoms with Gasteiger partial charge in [0.05, 0.1) is 12.6 Å². The summed E-state index contributed by atoms with van der Waals surface area (Å²) in [5.74, 6) is 1.47. The van der Waals surface area contributed by atoms with Crippen molar-refractivity contribution in [1.82, 2.24) is 10.2 Å². The molecule has 2 N–H and O–H groups in total. The fraction of sp³-hybridized carbons (Fsp3) is 0.440. The number of rotatable bonds is 8. The standard InChI is InChI=1S/C25H33N3O3/c1-18(2)31-23-10-4-20(5-11-23)16-26-17-24(29)27-22-8-6-21(7-9-22)25(30)28-14-12-19(3)13-15-28/h4-11,18-19,26H,12-17H2,1-3H3,(H,27,29). The van der Waals surface area contributed by atoms with Gasteiger partial charge < -0.3 is 20.3 Å². The number of hydrogen-bond donors (Lipinski definition) is 2. The molecule has 31 heavy (non-hydrogen) atoms. The highest BCUT2D eigenvalue weighted by molar-refractivity contribution is 5.96. The zero-order chi connectivity index (χ0) is 22.2. The molecule has 0 unspecified atom stereocenters. The zero-order valence-corrected chi connectivity index (χ0v) is 18.7. The van der Waals surface area contributed by atoms with Gasteiger partial charge in [0, 0.05) is 30.9 Å². The maximum atomic E-state index is 12.6. The van der Waals surface area contributed by atoms with E-state index in [0.29, 0.717) is 23.7 Å². The van der Waals surface area contributed by atoms with Crippen LogP contribution in [0.2, 0.25) is 0 Å². The lowest BCUT2D eigenvalue weighted by Gasteiger charge is -2.30. The Balaban J connectivity index is 1.41. The van der Waals surface area contributed by atoms with Crippen molar-refractivity contribution < 1.29 is 14.3 Å². The molecule has 0 bridgehead atoms. The summed E-state index contributed by atoms with van der Waals surface area (Å²) >= 11 is 0. The highest BCUT2D eigenvalue weighted by atomic mass is 16.5. The minimum absolute atomic E-state index is 0.0660. The van der Waals surface area contributed by atoms with Crippen molar-refractivity contribution in [2.24, 2.45) is 5.92 Å². The number of carbonyl (C=O) groups is 2. The van der Waals surface area contributed by atoms with Crippen molar-refractivity contribution in [3.63, 3.8) is 0 Å². The molecule has 3 rings (SSSR count). The van der Waals surface area contributed by atoms with Gasteiger partial charge in [-0.05, 0) is 74.6 Å². The van der Waals surface area contributed by atoms with E-state index in [9.17, 15) is 9.59 Å². The van der Waals surface area contributed by atoms with Crippen LogP contribution < -0.4 is 15.4 Å². The van der Waals surface area contributed by atoms with Gasteiger partial charge in [0.1, 0.15) is 5.75 Å². The maximum absolute atomic E-state index is 12.6. The molecular weight excluding hydrogens is 390 g/mol. The fourth-order valence-corrected chi connectivity index (χ4v) is 3.57. The molecule has 1 aliphatic rings. The Morgan fingerprint density at radius 3 is 2.29 bits per heavy atom. The van der Waals surface area contributed by atoms with Crippen molar-refractivity contribution in [2.45, 2.75) is 46.3 Å². The molecule has 1 fully saturated rings. The molecule has 2 amide bonds.